The summed E-state index contributed by atoms with van der Waals surface area (Å²) in [6.07, 6.45) is 1.79. The summed E-state index contributed by atoms with van der Waals surface area (Å²) in [6, 6.07) is 17.6. The van der Waals surface area contributed by atoms with Gasteiger partial charge in [-0.1, -0.05) is 71.2 Å². The minimum atomic E-state index is -0.507. The molecule has 0 unspecified atom stereocenters. The van der Waals surface area contributed by atoms with Crippen LogP contribution < -0.4 is 21.3 Å². The minimum absolute atomic E-state index is 0.0235. The molecule has 1 atom stereocenters. The smallest absolute Gasteiger partial charge is 0.315 e. The van der Waals surface area contributed by atoms with Crippen LogP contribution in [0.25, 0.3) is 0 Å². The number of benzene rings is 3. The molecule has 10 heteroatoms. The molecule has 0 aromatic heterocycles. The van der Waals surface area contributed by atoms with Crippen molar-refractivity contribution in [2.45, 2.75) is 25.4 Å². The molecule has 1 aliphatic carbocycles. The van der Waals surface area contributed by atoms with Crippen LogP contribution in [0.2, 0.25) is 15.1 Å². The fraction of sp³-hybridized carbons (Fsp3) is 0.222. The lowest BCUT2D eigenvalue weighted by atomic mass is 10.1. The van der Waals surface area contributed by atoms with Crippen LogP contribution >= 0.6 is 34.8 Å². The van der Waals surface area contributed by atoms with Crippen LogP contribution in [-0.4, -0.2) is 30.9 Å². The largest absolute Gasteiger partial charge is 0.350 e. The van der Waals surface area contributed by atoms with Crippen LogP contribution in [0.3, 0.4) is 0 Å². The minimum Gasteiger partial charge on any atom is -0.350 e. The molecule has 0 saturated heterocycles. The van der Waals surface area contributed by atoms with Crippen molar-refractivity contribution < 1.29 is 14.4 Å². The monoisotopic (exact) mass is 558 g/mol. The lowest BCUT2D eigenvalue weighted by Gasteiger charge is -2.15. The fourth-order valence-corrected chi connectivity index (χ4v) is 5.08. The molecule has 7 nitrogen and oxygen atoms in total. The van der Waals surface area contributed by atoms with Gasteiger partial charge in [-0.3, -0.25) is 9.59 Å². The van der Waals surface area contributed by atoms with Crippen molar-refractivity contribution in [3.8, 4) is 0 Å². The lowest BCUT2D eigenvalue weighted by Crippen LogP contribution is -2.41. The number of carbonyl (C=O) groups excluding carboxylic acids is 3. The van der Waals surface area contributed by atoms with E-state index in [4.69, 9.17) is 34.8 Å². The van der Waals surface area contributed by atoms with Crippen LogP contribution in [0.4, 0.5) is 4.79 Å². The van der Waals surface area contributed by atoms with Gasteiger partial charge >= 0.3 is 6.03 Å². The quantitative estimate of drug-likeness (QED) is 0.282. The van der Waals surface area contributed by atoms with Gasteiger partial charge in [-0.25, -0.2) is 4.79 Å². The van der Waals surface area contributed by atoms with Crippen molar-refractivity contribution >= 4 is 52.6 Å². The Morgan fingerprint density at radius 1 is 0.811 bits per heavy atom. The van der Waals surface area contributed by atoms with Crippen molar-refractivity contribution in [3.05, 3.63) is 104 Å². The van der Waals surface area contributed by atoms with E-state index in [1.807, 2.05) is 24.3 Å². The van der Waals surface area contributed by atoms with Crippen molar-refractivity contribution in [1.29, 1.82) is 0 Å². The molecule has 0 bridgehead atoms. The normalized spacial score (nSPS) is 14.0. The Labute approximate surface area is 229 Å². The summed E-state index contributed by atoms with van der Waals surface area (Å²) in [5, 5.41) is 11.8. The molecule has 4 rings (SSSR count). The zero-order valence-electron chi connectivity index (χ0n) is 19.7. The first-order valence-electron chi connectivity index (χ1n) is 11.7. The van der Waals surface area contributed by atoms with Gasteiger partial charge in [0.2, 0.25) is 0 Å². The Morgan fingerprint density at radius 3 is 2.30 bits per heavy atom. The Morgan fingerprint density at radius 2 is 1.54 bits per heavy atom. The van der Waals surface area contributed by atoms with Crippen LogP contribution in [0, 0.1) is 0 Å². The zero-order valence-corrected chi connectivity index (χ0v) is 22.0. The molecule has 0 spiro atoms. The van der Waals surface area contributed by atoms with E-state index in [1.54, 1.807) is 18.2 Å². The van der Waals surface area contributed by atoms with Crippen LogP contribution in [0.1, 0.15) is 49.9 Å². The van der Waals surface area contributed by atoms with Gasteiger partial charge in [0.25, 0.3) is 11.8 Å². The van der Waals surface area contributed by atoms with E-state index in [0.717, 1.165) is 24.0 Å². The number of carbonyl (C=O) groups is 3. The van der Waals surface area contributed by atoms with E-state index in [9.17, 15) is 14.4 Å². The van der Waals surface area contributed by atoms with E-state index in [2.05, 4.69) is 27.3 Å². The van der Waals surface area contributed by atoms with Gasteiger partial charge in [0.1, 0.15) is 0 Å². The number of halogens is 3. The summed E-state index contributed by atoms with van der Waals surface area (Å²) in [7, 11) is 0. The summed E-state index contributed by atoms with van der Waals surface area (Å²) >= 11 is 18.5. The topological polar surface area (TPSA) is 99.3 Å². The van der Waals surface area contributed by atoms with Crippen molar-refractivity contribution in [3.63, 3.8) is 0 Å². The number of aryl methyl sites for hydroxylation is 1. The molecular weight excluding hydrogens is 535 g/mol. The molecule has 0 saturated carbocycles. The van der Waals surface area contributed by atoms with Gasteiger partial charge in [0, 0.05) is 30.2 Å². The summed E-state index contributed by atoms with van der Waals surface area (Å²) < 4.78 is 0. The maximum Gasteiger partial charge on any atom is 0.315 e. The molecule has 0 aliphatic heterocycles. The van der Waals surface area contributed by atoms with E-state index >= 15 is 0 Å². The van der Waals surface area contributed by atoms with Crippen LogP contribution in [0.5, 0.6) is 0 Å². The number of hydrogen-bond acceptors (Lipinski definition) is 3. The third-order valence-corrected chi connectivity index (χ3v) is 6.84. The highest BCUT2D eigenvalue weighted by Crippen LogP contribution is 2.30. The number of fused-ring (bicyclic) bond motifs is 1. The molecule has 0 radical (unpaired) electrons. The summed E-state index contributed by atoms with van der Waals surface area (Å²) in [5.74, 6) is -0.899. The van der Waals surface area contributed by atoms with Crippen LogP contribution in [0.15, 0.2) is 60.7 Å². The van der Waals surface area contributed by atoms with Gasteiger partial charge in [-0.2, -0.15) is 0 Å². The van der Waals surface area contributed by atoms with Gasteiger partial charge in [0.05, 0.1) is 21.7 Å². The van der Waals surface area contributed by atoms with E-state index in [-0.39, 0.29) is 52.9 Å². The first-order chi connectivity index (χ1) is 17.8. The zero-order chi connectivity index (χ0) is 26.4. The Kier molecular flexibility index (Phi) is 8.92. The van der Waals surface area contributed by atoms with Gasteiger partial charge in [0.15, 0.2) is 0 Å². The van der Waals surface area contributed by atoms with E-state index < -0.39 is 11.8 Å². The molecule has 4 amide bonds. The highest BCUT2D eigenvalue weighted by atomic mass is 35.5. The summed E-state index contributed by atoms with van der Waals surface area (Å²) in [4.78, 5) is 37.5. The molecular formula is C27H25Cl3N4O3. The van der Waals surface area contributed by atoms with E-state index in [1.165, 1.54) is 17.7 Å². The average Bonchev–Trinajstić information content (AvgIpc) is 3.27. The van der Waals surface area contributed by atoms with E-state index in [0.29, 0.717) is 5.02 Å². The highest BCUT2D eigenvalue weighted by Gasteiger charge is 2.23. The van der Waals surface area contributed by atoms with Crippen LogP contribution in [-0.2, 0) is 13.0 Å². The molecule has 0 fully saturated rings. The maximum atomic E-state index is 12.6. The van der Waals surface area contributed by atoms with Crippen molar-refractivity contribution in [1.82, 2.24) is 21.3 Å². The van der Waals surface area contributed by atoms with Crippen molar-refractivity contribution in [2.75, 3.05) is 13.1 Å². The Bertz CT molecular complexity index is 1310. The second kappa shape index (κ2) is 12.3. The number of rotatable bonds is 8. The van der Waals surface area contributed by atoms with Crippen molar-refractivity contribution in [2.24, 2.45) is 0 Å². The first kappa shape index (κ1) is 26.8. The predicted molar refractivity (Wildman–Crippen MR) is 145 cm³/mol. The lowest BCUT2D eigenvalue weighted by molar-refractivity contribution is 0.0940. The Hall–Kier alpha value is -3.26. The third kappa shape index (κ3) is 6.95. The van der Waals surface area contributed by atoms with Gasteiger partial charge in [-0.15, -0.1) is 0 Å². The molecule has 1 aliphatic rings. The summed E-state index contributed by atoms with van der Waals surface area (Å²) in [6.45, 7) is 0.651. The molecule has 192 valence electrons. The van der Waals surface area contributed by atoms with Gasteiger partial charge in [-0.05, 0) is 53.8 Å². The summed E-state index contributed by atoms with van der Waals surface area (Å²) in [5.41, 5.74) is 3.50. The Balaban J connectivity index is 1.25. The average molecular weight is 560 g/mol. The first-order valence-corrected chi connectivity index (χ1v) is 12.9. The number of nitrogens with one attached hydrogen (secondary N) is 4. The SMILES string of the molecule is O=C(NCCNC(=O)c1c(Cl)cc(C(=O)NCc2cccc(Cl)c2)cc1Cl)N[C@@H]1CCc2ccccc21. The molecule has 4 N–H and O–H groups in total. The van der Waals surface area contributed by atoms with Gasteiger partial charge < -0.3 is 21.3 Å². The number of amides is 4. The maximum absolute atomic E-state index is 12.6. The number of urea groups is 1. The standard InChI is InChI=1S/C27H25Cl3N4O3/c28-19-6-3-4-16(12-19)15-33-25(35)18-13-21(29)24(22(30)14-18)26(36)31-10-11-32-27(37)34-23-9-8-17-5-1-2-7-20(17)23/h1-7,12-14,23H,8-11,15H2,(H,31,36)(H,33,35)(H2,32,34,37)/t23-/m1/s1. The molecule has 3 aromatic carbocycles. The third-order valence-electron chi connectivity index (χ3n) is 6.01. The second-order valence-electron chi connectivity index (χ2n) is 8.57. The fourth-order valence-electron chi connectivity index (χ4n) is 4.21. The predicted octanol–water partition coefficient (Wildman–Crippen LogP) is 5.29. The second-order valence-corrected chi connectivity index (χ2v) is 9.82. The number of hydrogen-bond donors (Lipinski definition) is 4. The molecule has 37 heavy (non-hydrogen) atoms. The highest BCUT2D eigenvalue weighted by molar-refractivity contribution is 6.40. The molecule has 0 heterocycles. The molecule has 3 aromatic rings.